The Bertz CT molecular complexity index is 883. The monoisotopic (exact) mass is 406 g/mol. The van der Waals surface area contributed by atoms with Crippen LogP contribution in [0.5, 0.6) is 5.75 Å². The number of nitrogens with one attached hydrogen (secondary N) is 2. The first-order valence-corrected chi connectivity index (χ1v) is 9.42. The van der Waals surface area contributed by atoms with E-state index in [1.54, 1.807) is 10.9 Å². The summed E-state index contributed by atoms with van der Waals surface area (Å²) in [6.07, 6.45) is 5.44. The van der Waals surface area contributed by atoms with Gasteiger partial charge in [-0.2, -0.15) is 5.10 Å². The number of amides is 2. The van der Waals surface area contributed by atoms with Crippen molar-refractivity contribution in [1.29, 1.82) is 0 Å². The number of benzene rings is 1. The molecular formula is C19H20ClFN4O3. The van der Waals surface area contributed by atoms with Crippen molar-refractivity contribution in [2.45, 2.75) is 31.3 Å². The molecule has 1 aromatic heterocycles. The number of aromatic nitrogens is 2. The Balaban J connectivity index is 1.18. The fraction of sp³-hybridized carbons (Fsp3) is 0.421. The van der Waals surface area contributed by atoms with Crippen molar-refractivity contribution < 1.29 is 18.7 Å². The standard InChI is InChI=1S/C19H20ClFN4O3/c20-14-3-2-13(8-15(14)21)28-9-16(26)24-19-10-18(11-19,12-19)17(27)22-5-7-25-6-1-4-23-25/h1-4,6,8H,5,7,9-12H2,(H,22,27)(H,24,26). The third-order valence-corrected chi connectivity index (χ3v) is 5.67. The van der Waals surface area contributed by atoms with Gasteiger partial charge in [0.05, 0.1) is 17.0 Å². The Hall–Kier alpha value is -2.61. The molecule has 2 aromatic rings. The van der Waals surface area contributed by atoms with Gasteiger partial charge in [0.25, 0.3) is 5.91 Å². The summed E-state index contributed by atoms with van der Waals surface area (Å²) in [4.78, 5) is 24.5. The van der Waals surface area contributed by atoms with Gasteiger partial charge in [-0.25, -0.2) is 4.39 Å². The van der Waals surface area contributed by atoms with E-state index < -0.39 is 5.82 Å². The van der Waals surface area contributed by atoms with Crippen LogP contribution in [-0.2, 0) is 16.1 Å². The largest absolute Gasteiger partial charge is 0.484 e. The highest BCUT2D eigenvalue weighted by atomic mass is 35.5. The summed E-state index contributed by atoms with van der Waals surface area (Å²) in [5.41, 5.74) is -0.678. The molecule has 5 rings (SSSR count). The summed E-state index contributed by atoms with van der Waals surface area (Å²) in [5, 5.41) is 9.97. The van der Waals surface area contributed by atoms with Crippen LogP contribution in [0.1, 0.15) is 19.3 Å². The Labute approximate surface area is 166 Å². The van der Waals surface area contributed by atoms with Gasteiger partial charge in [-0.1, -0.05) is 11.6 Å². The molecule has 3 fully saturated rings. The number of halogens is 2. The lowest BCUT2D eigenvalue weighted by molar-refractivity contribution is -0.183. The summed E-state index contributed by atoms with van der Waals surface area (Å²) in [6, 6.07) is 5.85. The van der Waals surface area contributed by atoms with E-state index in [-0.39, 0.29) is 40.1 Å². The van der Waals surface area contributed by atoms with Crippen molar-refractivity contribution in [3.8, 4) is 5.75 Å². The maximum absolute atomic E-state index is 13.4. The molecule has 7 nitrogen and oxygen atoms in total. The lowest BCUT2D eigenvalue weighted by Crippen LogP contribution is -2.78. The zero-order valence-corrected chi connectivity index (χ0v) is 15.8. The normalized spacial score (nSPS) is 24.6. The van der Waals surface area contributed by atoms with Crippen molar-refractivity contribution in [2.24, 2.45) is 5.41 Å². The maximum Gasteiger partial charge on any atom is 0.258 e. The molecule has 28 heavy (non-hydrogen) atoms. The molecule has 2 amide bonds. The molecule has 0 unspecified atom stereocenters. The second-order valence-corrected chi connectivity index (χ2v) is 7.94. The van der Waals surface area contributed by atoms with E-state index in [0.717, 1.165) is 6.07 Å². The van der Waals surface area contributed by atoms with E-state index in [1.807, 2.05) is 12.3 Å². The highest BCUT2D eigenvalue weighted by Gasteiger charge is 2.72. The lowest BCUT2D eigenvalue weighted by Gasteiger charge is -2.69. The molecule has 0 spiro atoms. The summed E-state index contributed by atoms with van der Waals surface area (Å²) in [7, 11) is 0. The quantitative estimate of drug-likeness (QED) is 0.701. The molecule has 0 aliphatic heterocycles. The van der Waals surface area contributed by atoms with Gasteiger partial charge in [-0.15, -0.1) is 0 Å². The zero-order chi connectivity index (χ0) is 19.8. The van der Waals surface area contributed by atoms with Crippen LogP contribution >= 0.6 is 11.6 Å². The van der Waals surface area contributed by atoms with Gasteiger partial charge in [0.1, 0.15) is 11.6 Å². The molecule has 0 saturated heterocycles. The molecular weight excluding hydrogens is 387 g/mol. The van der Waals surface area contributed by atoms with Gasteiger partial charge in [-0.3, -0.25) is 14.3 Å². The Morgan fingerprint density at radius 2 is 2.11 bits per heavy atom. The van der Waals surface area contributed by atoms with Gasteiger partial charge < -0.3 is 15.4 Å². The molecule has 3 aliphatic carbocycles. The molecule has 3 aliphatic rings. The maximum atomic E-state index is 13.4. The van der Waals surface area contributed by atoms with Crippen LogP contribution in [0.25, 0.3) is 0 Å². The van der Waals surface area contributed by atoms with Crippen molar-refractivity contribution in [3.63, 3.8) is 0 Å². The number of hydrogen-bond donors (Lipinski definition) is 2. The average molecular weight is 407 g/mol. The number of hydrogen-bond acceptors (Lipinski definition) is 4. The van der Waals surface area contributed by atoms with Crippen LogP contribution in [0.2, 0.25) is 5.02 Å². The predicted molar refractivity (Wildman–Crippen MR) is 99.3 cm³/mol. The molecule has 2 N–H and O–H groups in total. The van der Waals surface area contributed by atoms with Crippen LogP contribution in [0.15, 0.2) is 36.7 Å². The van der Waals surface area contributed by atoms with Gasteiger partial charge in [0, 0.05) is 30.5 Å². The minimum Gasteiger partial charge on any atom is -0.484 e. The van der Waals surface area contributed by atoms with Gasteiger partial charge in [0.15, 0.2) is 6.61 Å². The lowest BCUT2D eigenvalue weighted by atomic mass is 9.39. The third kappa shape index (κ3) is 3.56. The molecule has 148 valence electrons. The van der Waals surface area contributed by atoms with Gasteiger partial charge in [-0.05, 0) is 37.5 Å². The first kappa shape index (κ1) is 18.7. The molecule has 9 heteroatoms. The van der Waals surface area contributed by atoms with Crippen LogP contribution in [0.4, 0.5) is 4.39 Å². The molecule has 3 saturated carbocycles. The minimum absolute atomic E-state index is 0.00105. The second kappa shape index (κ2) is 7.09. The molecule has 2 bridgehead atoms. The van der Waals surface area contributed by atoms with E-state index in [1.165, 1.54) is 12.1 Å². The van der Waals surface area contributed by atoms with Crippen LogP contribution in [0, 0.1) is 11.2 Å². The Morgan fingerprint density at radius 1 is 1.32 bits per heavy atom. The van der Waals surface area contributed by atoms with Crippen LogP contribution in [0.3, 0.4) is 0 Å². The molecule has 0 radical (unpaired) electrons. The zero-order valence-electron chi connectivity index (χ0n) is 15.1. The van der Waals surface area contributed by atoms with E-state index in [0.29, 0.717) is 32.4 Å². The average Bonchev–Trinajstić information content (AvgIpc) is 3.11. The van der Waals surface area contributed by atoms with Crippen molar-refractivity contribution in [1.82, 2.24) is 20.4 Å². The minimum atomic E-state index is -0.598. The first-order valence-electron chi connectivity index (χ1n) is 9.04. The van der Waals surface area contributed by atoms with E-state index in [4.69, 9.17) is 16.3 Å². The number of carbonyl (C=O) groups is 2. The fourth-order valence-electron chi connectivity index (χ4n) is 4.11. The van der Waals surface area contributed by atoms with Crippen LogP contribution < -0.4 is 15.4 Å². The Kier molecular flexibility index (Phi) is 4.74. The topological polar surface area (TPSA) is 85.2 Å². The summed E-state index contributed by atoms with van der Waals surface area (Å²) in [6.45, 7) is 0.929. The SMILES string of the molecule is O=C(COc1ccc(Cl)c(F)c1)NC12CC(C(=O)NCCn3cccn3)(C1)C2. The second-order valence-electron chi connectivity index (χ2n) is 7.53. The number of nitrogens with zero attached hydrogens (tertiary/aromatic N) is 2. The predicted octanol–water partition coefficient (Wildman–Crippen LogP) is 1.91. The first-order chi connectivity index (χ1) is 13.4. The Morgan fingerprint density at radius 3 is 2.79 bits per heavy atom. The number of carbonyl (C=O) groups excluding carboxylic acids is 2. The number of rotatable bonds is 8. The smallest absolute Gasteiger partial charge is 0.258 e. The fourth-order valence-corrected chi connectivity index (χ4v) is 4.23. The highest BCUT2D eigenvalue weighted by molar-refractivity contribution is 6.30. The third-order valence-electron chi connectivity index (χ3n) is 5.36. The number of ether oxygens (including phenoxy) is 1. The molecule has 1 heterocycles. The summed E-state index contributed by atoms with van der Waals surface area (Å²) < 4.78 is 20.4. The van der Waals surface area contributed by atoms with Crippen molar-refractivity contribution >= 4 is 23.4 Å². The van der Waals surface area contributed by atoms with E-state index in [2.05, 4.69) is 15.7 Å². The van der Waals surface area contributed by atoms with Crippen molar-refractivity contribution in [3.05, 3.63) is 47.5 Å². The van der Waals surface area contributed by atoms with Gasteiger partial charge in [0.2, 0.25) is 5.91 Å². The highest BCUT2D eigenvalue weighted by Crippen LogP contribution is 2.67. The van der Waals surface area contributed by atoms with Crippen molar-refractivity contribution in [2.75, 3.05) is 13.2 Å². The molecule has 1 aromatic carbocycles. The summed E-state index contributed by atoms with van der Waals surface area (Å²) >= 11 is 5.61. The van der Waals surface area contributed by atoms with Gasteiger partial charge >= 0.3 is 0 Å². The van der Waals surface area contributed by atoms with Crippen LogP contribution in [-0.4, -0.2) is 40.3 Å². The summed E-state index contributed by atoms with van der Waals surface area (Å²) in [5.74, 6) is -0.617. The van der Waals surface area contributed by atoms with E-state index in [9.17, 15) is 14.0 Å². The van der Waals surface area contributed by atoms with E-state index >= 15 is 0 Å². The molecule has 0 atom stereocenters.